The fourth-order valence-corrected chi connectivity index (χ4v) is 4.81. The number of hydrogen-bond donors (Lipinski definition) is 1. The maximum atomic E-state index is 12.9. The van der Waals surface area contributed by atoms with Gasteiger partial charge in [-0.1, -0.05) is 18.2 Å². The zero-order chi connectivity index (χ0) is 25.3. The Bertz CT molecular complexity index is 1110. The van der Waals surface area contributed by atoms with Gasteiger partial charge in [-0.2, -0.15) is 0 Å². The van der Waals surface area contributed by atoms with E-state index in [9.17, 15) is 14.4 Å². The molecule has 1 fully saturated rings. The standard InChI is InChI=1S/C27H34N4O4/c1-17(2)35-27(34)30-16-18(3)31(19(4)32)24-10-9-22(15-25(24)30)20-5-7-21(8-6-20)26(33)29-13-11-23(28)12-14-29/h5-10,15,17-18,23H,11-14,16,28H2,1-4H3. The molecule has 0 aliphatic carbocycles. The minimum Gasteiger partial charge on any atom is -0.446 e. The van der Waals surface area contributed by atoms with Crippen molar-refractivity contribution in [1.82, 2.24) is 4.90 Å². The van der Waals surface area contributed by atoms with Crippen molar-refractivity contribution in [3.05, 3.63) is 48.0 Å². The summed E-state index contributed by atoms with van der Waals surface area (Å²) in [7, 11) is 0. The number of piperidine rings is 1. The summed E-state index contributed by atoms with van der Waals surface area (Å²) in [6.45, 7) is 8.77. The normalized spacial score (nSPS) is 18.5. The summed E-state index contributed by atoms with van der Waals surface area (Å²) in [6, 6.07) is 13.2. The van der Waals surface area contributed by atoms with E-state index in [4.69, 9.17) is 10.5 Å². The van der Waals surface area contributed by atoms with Gasteiger partial charge in [0.2, 0.25) is 5.91 Å². The number of ether oxygens (including phenoxy) is 1. The zero-order valence-electron chi connectivity index (χ0n) is 20.9. The van der Waals surface area contributed by atoms with Crippen molar-refractivity contribution in [1.29, 1.82) is 0 Å². The van der Waals surface area contributed by atoms with E-state index in [1.54, 1.807) is 9.80 Å². The number of carbonyl (C=O) groups excluding carboxylic acids is 3. The van der Waals surface area contributed by atoms with Crippen molar-refractivity contribution in [3.8, 4) is 11.1 Å². The summed E-state index contributed by atoms with van der Waals surface area (Å²) in [6.07, 6.45) is 0.960. The van der Waals surface area contributed by atoms with Crippen LogP contribution in [0, 0.1) is 0 Å². The largest absolute Gasteiger partial charge is 0.446 e. The van der Waals surface area contributed by atoms with E-state index in [0.717, 1.165) is 24.0 Å². The number of amides is 3. The smallest absolute Gasteiger partial charge is 0.414 e. The quantitative estimate of drug-likeness (QED) is 0.719. The molecule has 1 unspecified atom stereocenters. The van der Waals surface area contributed by atoms with Crippen LogP contribution in [0.15, 0.2) is 42.5 Å². The topological polar surface area (TPSA) is 96.2 Å². The van der Waals surface area contributed by atoms with Gasteiger partial charge in [-0.25, -0.2) is 4.79 Å². The van der Waals surface area contributed by atoms with Crippen LogP contribution in [-0.2, 0) is 9.53 Å². The highest BCUT2D eigenvalue weighted by atomic mass is 16.6. The molecule has 2 aliphatic heterocycles. The number of carbonyl (C=O) groups is 3. The van der Waals surface area contributed by atoms with E-state index in [0.29, 0.717) is 36.6 Å². The zero-order valence-corrected chi connectivity index (χ0v) is 20.9. The summed E-state index contributed by atoms with van der Waals surface area (Å²) >= 11 is 0. The van der Waals surface area contributed by atoms with Gasteiger partial charge < -0.3 is 20.3 Å². The van der Waals surface area contributed by atoms with Crippen LogP contribution in [0.1, 0.15) is 50.9 Å². The third kappa shape index (κ3) is 5.17. The molecule has 1 saturated heterocycles. The van der Waals surface area contributed by atoms with Gasteiger partial charge in [-0.15, -0.1) is 0 Å². The van der Waals surface area contributed by atoms with E-state index < -0.39 is 6.09 Å². The van der Waals surface area contributed by atoms with Crippen LogP contribution < -0.4 is 15.5 Å². The molecule has 0 aromatic heterocycles. The first kappa shape index (κ1) is 24.7. The monoisotopic (exact) mass is 478 g/mol. The molecule has 0 bridgehead atoms. The van der Waals surface area contributed by atoms with Crippen LogP contribution in [0.3, 0.4) is 0 Å². The molecule has 2 heterocycles. The predicted molar refractivity (Wildman–Crippen MR) is 137 cm³/mol. The predicted octanol–water partition coefficient (Wildman–Crippen LogP) is 4.02. The molecular formula is C27H34N4O4. The Morgan fingerprint density at radius 1 is 0.971 bits per heavy atom. The highest BCUT2D eigenvalue weighted by Gasteiger charge is 2.35. The Hall–Kier alpha value is -3.39. The lowest BCUT2D eigenvalue weighted by molar-refractivity contribution is -0.117. The Morgan fingerprint density at radius 2 is 1.60 bits per heavy atom. The van der Waals surface area contributed by atoms with Crippen molar-refractivity contribution in [2.75, 3.05) is 29.4 Å². The maximum Gasteiger partial charge on any atom is 0.414 e. The number of fused-ring (bicyclic) bond motifs is 1. The molecule has 2 aromatic carbocycles. The summed E-state index contributed by atoms with van der Waals surface area (Å²) in [4.78, 5) is 43.3. The molecule has 8 nitrogen and oxygen atoms in total. The number of nitrogens with two attached hydrogens (primary N) is 1. The Labute approximate surface area is 206 Å². The molecule has 4 rings (SSSR count). The molecule has 0 saturated carbocycles. The summed E-state index contributed by atoms with van der Waals surface area (Å²) in [5, 5.41) is 0. The number of hydrogen-bond acceptors (Lipinski definition) is 5. The molecule has 35 heavy (non-hydrogen) atoms. The van der Waals surface area contributed by atoms with E-state index in [1.807, 2.05) is 68.1 Å². The van der Waals surface area contributed by atoms with Crippen LogP contribution >= 0.6 is 0 Å². The van der Waals surface area contributed by atoms with Gasteiger partial charge in [0, 0.05) is 38.2 Å². The van der Waals surface area contributed by atoms with E-state index in [-0.39, 0.29) is 30.0 Å². The second-order valence-corrected chi connectivity index (χ2v) is 9.69. The van der Waals surface area contributed by atoms with Gasteiger partial charge in [0.05, 0.1) is 23.5 Å². The second kappa shape index (κ2) is 10.1. The Morgan fingerprint density at radius 3 is 2.20 bits per heavy atom. The van der Waals surface area contributed by atoms with Gasteiger partial charge in [-0.05, 0) is 69.0 Å². The average Bonchev–Trinajstić information content (AvgIpc) is 2.82. The minimum atomic E-state index is -0.435. The number of nitrogens with zero attached hydrogens (tertiary/aromatic N) is 3. The van der Waals surface area contributed by atoms with Crippen LogP contribution in [0.25, 0.3) is 11.1 Å². The van der Waals surface area contributed by atoms with Gasteiger partial charge in [-0.3, -0.25) is 14.5 Å². The lowest BCUT2D eigenvalue weighted by Crippen LogP contribution is -2.51. The van der Waals surface area contributed by atoms with Crippen molar-refractivity contribution in [2.45, 2.75) is 58.7 Å². The first-order chi connectivity index (χ1) is 16.7. The van der Waals surface area contributed by atoms with Crippen molar-refractivity contribution in [2.24, 2.45) is 5.73 Å². The van der Waals surface area contributed by atoms with Gasteiger partial charge in [0.15, 0.2) is 0 Å². The highest BCUT2D eigenvalue weighted by molar-refractivity contribution is 6.03. The van der Waals surface area contributed by atoms with Gasteiger partial charge >= 0.3 is 6.09 Å². The van der Waals surface area contributed by atoms with Crippen molar-refractivity contribution >= 4 is 29.3 Å². The third-order valence-corrected chi connectivity index (χ3v) is 6.60. The second-order valence-electron chi connectivity index (χ2n) is 9.69. The van der Waals surface area contributed by atoms with Crippen LogP contribution in [0.4, 0.5) is 16.2 Å². The van der Waals surface area contributed by atoms with E-state index in [2.05, 4.69) is 0 Å². The lowest BCUT2D eigenvalue weighted by Gasteiger charge is -2.40. The van der Waals surface area contributed by atoms with Crippen molar-refractivity contribution in [3.63, 3.8) is 0 Å². The number of anilines is 2. The summed E-state index contributed by atoms with van der Waals surface area (Å²) in [5.41, 5.74) is 9.70. The maximum absolute atomic E-state index is 12.9. The molecule has 186 valence electrons. The van der Waals surface area contributed by atoms with Crippen LogP contribution in [0.2, 0.25) is 0 Å². The summed E-state index contributed by atoms with van der Waals surface area (Å²) < 4.78 is 5.48. The van der Waals surface area contributed by atoms with E-state index in [1.165, 1.54) is 6.92 Å². The fourth-order valence-electron chi connectivity index (χ4n) is 4.81. The average molecular weight is 479 g/mol. The molecule has 8 heteroatoms. The number of benzene rings is 2. The molecule has 2 aliphatic rings. The van der Waals surface area contributed by atoms with Crippen LogP contribution in [0.5, 0.6) is 0 Å². The minimum absolute atomic E-state index is 0.0163. The SMILES string of the molecule is CC(=O)N1c2ccc(-c3ccc(C(=O)N4CCC(N)CC4)cc3)cc2N(C(=O)OC(C)C)CC1C. The molecule has 0 radical (unpaired) electrons. The molecule has 0 spiro atoms. The number of likely N-dealkylation sites (tertiary alicyclic amines) is 1. The van der Waals surface area contributed by atoms with Crippen LogP contribution in [-0.4, -0.2) is 60.6 Å². The van der Waals surface area contributed by atoms with Crippen molar-refractivity contribution < 1.29 is 19.1 Å². The summed E-state index contributed by atoms with van der Waals surface area (Å²) in [5.74, 6) is -0.0625. The van der Waals surface area contributed by atoms with Gasteiger partial charge in [0.25, 0.3) is 5.91 Å². The molecule has 2 N–H and O–H groups in total. The first-order valence-electron chi connectivity index (χ1n) is 12.2. The lowest BCUT2D eigenvalue weighted by atomic mass is 9.99. The molecular weight excluding hydrogens is 444 g/mol. The fraction of sp³-hybridized carbons (Fsp3) is 0.444. The highest BCUT2D eigenvalue weighted by Crippen LogP contribution is 2.39. The molecule has 1 atom stereocenters. The first-order valence-corrected chi connectivity index (χ1v) is 12.2. The van der Waals surface area contributed by atoms with Gasteiger partial charge in [0.1, 0.15) is 0 Å². The number of rotatable bonds is 3. The Balaban J connectivity index is 1.63. The van der Waals surface area contributed by atoms with E-state index >= 15 is 0 Å². The Kier molecular flexibility index (Phi) is 7.12. The third-order valence-electron chi connectivity index (χ3n) is 6.60. The molecule has 3 amide bonds. The molecule has 2 aromatic rings.